The number of hydrogen-bond donors (Lipinski definition) is 1. The Balaban J connectivity index is 0.00000280. The third-order valence-electron chi connectivity index (χ3n) is 5.52. The van der Waals surface area contributed by atoms with Gasteiger partial charge in [-0.05, 0) is 44.8 Å². The summed E-state index contributed by atoms with van der Waals surface area (Å²) in [6.07, 6.45) is 6.61. The maximum atomic E-state index is 10.8. The minimum absolute atomic E-state index is 0. The highest BCUT2D eigenvalue weighted by Crippen LogP contribution is 2.24. The van der Waals surface area contributed by atoms with Gasteiger partial charge in [0.05, 0.1) is 37.4 Å². The molecule has 3 rings (SSSR count). The molecule has 2 fully saturated rings. The van der Waals surface area contributed by atoms with E-state index in [1.807, 2.05) is 12.3 Å². The second-order valence-electron chi connectivity index (χ2n) is 7.44. The maximum Gasteiger partial charge on any atom is 0.303 e. The molecule has 1 atom stereocenters. The molecular formula is C20H33N3O4S. The van der Waals surface area contributed by atoms with Crippen LogP contribution in [-0.4, -0.2) is 73.0 Å². The van der Waals surface area contributed by atoms with Gasteiger partial charge in [0.15, 0.2) is 0 Å². The highest BCUT2D eigenvalue weighted by Gasteiger charge is 2.22. The lowest BCUT2D eigenvalue weighted by Gasteiger charge is -2.34. The van der Waals surface area contributed by atoms with Crippen LogP contribution in [0.3, 0.4) is 0 Å². The van der Waals surface area contributed by atoms with Gasteiger partial charge in [-0.3, -0.25) is 9.78 Å². The Morgan fingerprint density at radius 2 is 2.11 bits per heavy atom. The lowest BCUT2D eigenvalue weighted by Crippen LogP contribution is -2.42. The monoisotopic (exact) mass is 411 g/mol. The zero-order chi connectivity index (χ0) is 19.1. The van der Waals surface area contributed by atoms with E-state index < -0.39 is 5.97 Å². The van der Waals surface area contributed by atoms with Crippen LogP contribution in [-0.2, 0) is 9.53 Å². The molecule has 2 aliphatic heterocycles. The molecule has 158 valence electrons. The molecule has 0 saturated carbocycles. The number of rotatable bonds is 8. The quantitative estimate of drug-likeness (QED) is 0.704. The number of aromatic nitrogens is 1. The molecular weight excluding hydrogens is 378 g/mol. The topological polar surface area (TPSA) is 75.1 Å². The molecule has 28 heavy (non-hydrogen) atoms. The SMILES string of the molecule is CCN1CCC(COc2cncc(N3CCO[C@@H](CCC(=O)O)C3)c2)CC1.S. The first-order valence-electron chi connectivity index (χ1n) is 10.0. The molecule has 0 radical (unpaired) electrons. The number of piperidine rings is 1. The largest absolute Gasteiger partial charge is 0.492 e. The number of ether oxygens (including phenoxy) is 2. The first-order valence-corrected chi connectivity index (χ1v) is 10.0. The van der Waals surface area contributed by atoms with Crippen molar-refractivity contribution in [2.75, 3.05) is 50.8 Å². The Kier molecular flexibility index (Phi) is 9.34. The summed E-state index contributed by atoms with van der Waals surface area (Å²) in [4.78, 5) is 19.8. The Morgan fingerprint density at radius 3 is 2.82 bits per heavy atom. The van der Waals surface area contributed by atoms with Crippen LogP contribution in [0.15, 0.2) is 18.5 Å². The van der Waals surface area contributed by atoms with Gasteiger partial charge >= 0.3 is 5.97 Å². The van der Waals surface area contributed by atoms with Crippen molar-refractivity contribution < 1.29 is 19.4 Å². The van der Waals surface area contributed by atoms with Crippen LogP contribution < -0.4 is 9.64 Å². The van der Waals surface area contributed by atoms with Crippen LogP contribution in [0.1, 0.15) is 32.6 Å². The molecule has 2 aliphatic rings. The van der Waals surface area contributed by atoms with Gasteiger partial charge < -0.3 is 24.4 Å². The summed E-state index contributed by atoms with van der Waals surface area (Å²) < 4.78 is 11.7. The molecule has 1 N–H and O–H groups in total. The van der Waals surface area contributed by atoms with Gasteiger partial charge in [0.1, 0.15) is 5.75 Å². The lowest BCUT2D eigenvalue weighted by atomic mass is 9.98. The number of morpholine rings is 1. The molecule has 0 aromatic carbocycles. The van der Waals surface area contributed by atoms with Crippen LogP contribution in [0.5, 0.6) is 5.75 Å². The third-order valence-corrected chi connectivity index (χ3v) is 5.52. The second-order valence-corrected chi connectivity index (χ2v) is 7.44. The standard InChI is InChI=1S/C20H31N3O4.H2S/c1-2-22-7-5-16(6-8-22)15-27-19-11-17(12-21-13-19)23-9-10-26-18(14-23)3-4-20(24)25;/h11-13,16,18H,2-10,14-15H2,1H3,(H,24,25);1H2/t18-;/m0./s1. The van der Waals surface area contributed by atoms with E-state index in [0.717, 1.165) is 44.2 Å². The van der Waals surface area contributed by atoms with Gasteiger partial charge in [-0.2, -0.15) is 13.5 Å². The normalized spacial score (nSPS) is 21.2. The Labute approximate surface area is 174 Å². The summed E-state index contributed by atoms with van der Waals surface area (Å²) in [6, 6.07) is 2.04. The highest BCUT2D eigenvalue weighted by molar-refractivity contribution is 7.59. The van der Waals surface area contributed by atoms with E-state index in [-0.39, 0.29) is 26.0 Å². The van der Waals surface area contributed by atoms with Crippen molar-refractivity contribution in [1.82, 2.24) is 9.88 Å². The van der Waals surface area contributed by atoms with Gasteiger partial charge in [0.2, 0.25) is 0 Å². The van der Waals surface area contributed by atoms with E-state index in [0.29, 0.717) is 25.5 Å². The average Bonchev–Trinajstić information content (AvgIpc) is 2.71. The van der Waals surface area contributed by atoms with Gasteiger partial charge in [0, 0.05) is 25.6 Å². The number of carbonyl (C=O) groups is 1. The Bertz CT molecular complexity index is 611. The third kappa shape index (κ3) is 6.83. The van der Waals surface area contributed by atoms with E-state index in [2.05, 4.69) is 21.7 Å². The number of pyridine rings is 1. The summed E-state index contributed by atoms with van der Waals surface area (Å²) in [5, 5.41) is 8.86. The first-order chi connectivity index (χ1) is 13.1. The predicted molar refractivity (Wildman–Crippen MR) is 114 cm³/mol. The van der Waals surface area contributed by atoms with E-state index in [9.17, 15) is 4.79 Å². The number of anilines is 1. The number of carboxylic acids is 1. The summed E-state index contributed by atoms with van der Waals surface area (Å²) in [5.41, 5.74) is 1.01. The number of aliphatic carboxylic acids is 1. The van der Waals surface area contributed by atoms with Crippen molar-refractivity contribution in [3.63, 3.8) is 0 Å². The molecule has 1 aromatic heterocycles. The Hall–Kier alpha value is -1.51. The number of likely N-dealkylation sites (tertiary alicyclic amines) is 1. The minimum atomic E-state index is -0.780. The van der Waals surface area contributed by atoms with Gasteiger partial charge in [-0.15, -0.1) is 0 Å². The molecule has 3 heterocycles. The van der Waals surface area contributed by atoms with Crippen molar-refractivity contribution in [2.24, 2.45) is 5.92 Å². The lowest BCUT2D eigenvalue weighted by molar-refractivity contribution is -0.137. The van der Waals surface area contributed by atoms with Crippen LogP contribution >= 0.6 is 13.5 Å². The van der Waals surface area contributed by atoms with Crippen LogP contribution in [0.4, 0.5) is 5.69 Å². The van der Waals surface area contributed by atoms with Gasteiger partial charge in [0.25, 0.3) is 0 Å². The van der Waals surface area contributed by atoms with Gasteiger partial charge in [-0.1, -0.05) is 6.92 Å². The summed E-state index contributed by atoms with van der Waals surface area (Å²) in [5.74, 6) is 0.636. The zero-order valence-electron chi connectivity index (χ0n) is 16.7. The van der Waals surface area contributed by atoms with Crippen LogP contribution in [0.2, 0.25) is 0 Å². The summed E-state index contributed by atoms with van der Waals surface area (Å²) in [7, 11) is 0. The molecule has 0 amide bonds. The summed E-state index contributed by atoms with van der Waals surface area (Å²) in [6.45, 7) is 8.48. The molecule has 0 aliphatic carbocycles. The van der Waals surface area contributed by atoms with Crippen molar-refractivity contribution in [3.8, 4) is 5.75 Å². The van der Waals surface area contributed by atoms with Crippen LogP contribution in [0, 0.1) is 5.92 Å². The molecule has 7 nitrogen and oxygen atoms in total. The van der Waals surface area contributed by atoms with E-state index in [1.165, 1.54) is 12.8 Å². The van der Waals surface area contributed by atoms with E-state index in [1.54, 1.807) is 6.20 Å². The van der Waals surface area contributed by atoms with Crippen molar-refractivity contribution >= 4 is 25.2 Å². The fourth-order valence-corrected chi connectivity index (χ4v) is 3.76. The highest BCUT2D eigenvalue weighted by atomic mass is 32.1. The predicted octanol–water partition coefficient (Wildman–Crippen LogP) is 2.38. The smallest absolute Gasteiger partial charge is 0.303 e. The van der Waals surface area contributed by atoms with Crippen molar-refractivity contribution in [2.45, 2.75) is 38.7 Å². The maximum absolute atomic E-state index is 10.8. The number of carboxylic acid groups (broad SMARTS) is 1. The van der Waals surface area contributed by atoms with Crippen molar-refractivity contribution in [1.29, 1.82) is 0 Å². The van der Waals surface area contributed by atoms with Gasteiger partial charge in [-0.25, -0.2) is 0 Å². The zero-order valence-corrected chi connectivity index (χ0v) is 17.7. The average molecular weight is 412 g/mol. The first kappa shape index (κ1) is 22.8. The fourth-order valence-electron chi connectivity index (χ4n) is 3.76. The van der Waals surface area contributed by atoms with E-state index >= 15 is 0 Å². The molecule has 1 aromatic rings. The van der Waals surface area contributed by atoms with Crippen molar-refractivity contribution in [3.05, 3.63) is 18.5 Å². The Morgan fingerprint density at radius 1 is 1.32 bits per heavy atom. The molecule has 0 spiro atoms. The number of nitrogens with zero attached hydrogens (tertiary/aromatic N) is 3. The fraction of sp³-hybridized carbons (Fsp3) is 0.700. The van der Waals surface area contributed by atoms with E-state index in [4.69, 9.17) is 14.6 Å². The minimum Gasteiger partial charge on any atom is -0.492 e. The molecule has 8 heteroatoms. The number of hydrogen-bond acceptors (Lipinski definition) is 6. The summed E-state index contributed by atoms with van der Waals surface area (Å²) >= 11 is 0. The molecule has 2 saturated heterocycles. The van der Waals surface area contributed by atoms with Crippen LogP contribution in [0.25, 0.3) is 0 Å². The molecule has 0 unspecified atom stereocenters. The second kappa shape index (κ2) is 11.5. The molecule has 0 bridgehead atoms.